The molecule has 1 aliphatic rings. The second-order valence-electron chi connectivity index (χ2n) is 7.19. The number of nitrogens with zero attached hydrogens (tertiary/aromatic N) is 4. The number of hydrogen-bond acceptors (Lipinski definition) is 6. The number of carbonyl (C=O) groups is 1. The van der Waals surface area contributed by atoms with E-state index in [4.69, 9.17) is 4.52 Å². The summed E-state index contributed by atoms with van der Waals surface area (Å²) in [6.07, 6.45) is 5.49. The molecule has 0 unspecified atom stereocenters. The molecule has 6 heteroatoms. The fourth-order valence-corrected chi connectivity index (χ4v) is 3.20. The Morgan fingerprint density at radius 2 is 2.28 bits per heavy atom. The van der Waals surface area contributed by atoms with Gasteiger partial charge in [0, 0.05) is 25.1 Å². The van der Waals surface area contributed by atoms with Gasteiger partial charge in [0.05, 0.1) is 6.54 Å². The summed E-state index contributed by atoms with van der Waals surface area (Å²) in [5.74, 6) is 2.18. The quantitative estimate of drug-likeness (QED) is 0.720. The van der Waals surface area contributed by atoms with Crippen molar-refractivity contribution in [1.29, 1.82) is 0 Å². The van der Waals surface area contributed by atoms with Crippen molar-refractivity contribution in [3.63, 3.8) is 0 Å². The first-order valence-electron chi connectivity index (χ1n) is 9.11. The number of ketones is 1. The van der Waals surface area contributed by atoms with Crippen molar-refractivity contribution in [2.45, 2.75) is 46.1 Å². The molecule has 0 bridgehead atoms. The molecule has 6 nitrogen and oxygen atoms in total. The normalized spacial score (nSPS) is 18.6. The van der Waals surface area contributed by atoms with Crippen molar-refractivity contribution in [2.75, 3.05) is 13.1 Å². The molecule has 25 heavy (non-hydrogen) atoms. The van der Waals surface area contributed by atoms with E-state index in [0.717, 1.165) is 44.6 Å². The van der Waals surface area contributed by atoms with Gasteiger partial charge < -0.3 is 4.52 Å². The van der Waals surface area contributed by atoms with Crippen molar-refractivity contribution in [1.82, 2.24) is 20.0 Å². The lowest BCUT2D eigenvalue weighted by molar-refractivity contribution is 0.0792. The third-order valence-electron chi connectivity index (χ3n) is 4.61. The summed E-state index contributed by atoms with van der Waals surface area (Å²) >= 11 is 0. The minimum Gasteiger partial charge on any atom is -0.338 e. The van der Waals surface area contributed by atoms with E-state index >= 15 is 0 Å². The molecular formula is C19H26N4O2. The Morgan fingerprint density at radius 3 is 3.04 bits per heavy atom. The summed E-state index contributed by atoms with van der Waals surface area (Å²) in [6, 6.07) is 5.48. The molecule has 1 fully saturated rings. The van der Waals surface area contributed by atoms with Crippen LogP contribution >= 0.6 is 0 Å². The van der Waals surface area contributed by atoms with Gasteiger partial charge in [0.1, 0.15) is 5.69 Å². The van der Waals surface area contributed by atoms with Gasteiger partial charge in [-0.2, -0.15) is 4.98 Å². The van der Waals surface area contributed by atoms with Gasteiger partial charge in [0.15, 0.2) is 11.6 Å². The SMILES string of the molecule is CC(C)CCc1noc(CN2CCC[C@H](C(=O)c3ccccn3)C2)n1. The topological polar surface area (TPSA) is 72.1 Å². The molecule has 0 saturated carbocycles. The van der Waals surface area contributed by atoms with Gasteiger partial charge in [-0.15, -0.1) is 0 Å². The molecule has 3 rings (SSSR count). The van der Waals surface area contributed by atoms with Gasteiger partial charge in [-0.25, -0.2) is 0 Å². The van der Waals surface area contributed by atoms with Gasteiger partial charge >= 0.3 is 0 Å². The number of pyridine rings is 1. The zero-order valence-corrected chi connectivity index (χ0v) is 15.0. The first-order chi connectivity index (χ1) is 12.1. The number of likely N-dealkylation sites (tertiary alicyclic amines) is 1. The van der Waals surface area contributed by atoms with Crippen LogP contribution in [0.25, 0.3) is 0 Å². The highest BCUT2D eigenvalue weighted by Crippen LogP contribution is 2.21. The molecule has 0 spiro atoms. The van der Waals surface area contributed by atoms with Crippen LogP contribution in [-0.2, 0) is 13.0 Å². The molecule has 2 aromatic heterocycles. The Balaban J connectivity index is 1.56. The number of Topliss-reactive ketones (excluding diaryl/α,β-unsaturated/α-hetero) is 1. The maximum atomic E-state index is 12.6. The Kier molecular flexibility index (Phi) is 5.91. The van der Waals surface area contributed by atoms with Crippen molar-refractivity contribution < 1.29 is 9.32 Å². The fourth-order valence-electron chi connectivity index (χ4n) is 3.20. The molecule has 0 aromatic carbocycles. The Labute approximate surface area is 148 Å². The van der Waals surface area contributed by atoms with Crippen LogP contribution < -0.4 is 0 Å². The monoisotopic (exact) mass is 342 g/mol. The third-order valence-corrected chi connectivity index (χ3v) is 4.61. The lowest BCUT2D eigenvalue weighted by atomic mass is 9.92. The molecule has 1 atom stereocenters. The van der Waals surface area contributed by atoms with E-state index < -0.39 is 0 Å². The summed E-state index contributed by atoms with van der Waals surface area (Å²) in [5.41, 5.74) is 0.558. The Bertz CT molecular complexity index is 684. The number of piperidine rings is 1. The number of aryl methyl sites for hydroxylation is 1. The average Bonchev–Trinajstić information content (AvgIpc) is 3.08. The van der Waals surface area contributed by atoms with Crippen molar-refractivity contribution in [3.8, 4) is 0 Å². The number of aromatic nitrogens is 3. The summed E-state index contributed by atoms with van der Waals surface area (Å²) in [4.78, 5) is 23.5. The highest BCUT2D eigenvalue weighted by Gasteiger charge is 2.28. The van der Waals surface area contributed by atoms with Gasteiger partial charge in [0.2, 0.25) is 5.89 Å². The van der Waals surface area contributed by atoms with Gasteiger partial charge in [0.25, 0.3) is 0 Å². The molecular weight excluding hydrogens is 316 g/mol. The molecule has 0 N–H and O–H groups in total. The first kappa shape index (κ1) is 17.7. The summed E-state index contributed by atoms with van der Waals surface area (Å²) in [7, 11) is 0. The minimum absolute atomic E-state index is 0.00742. The highest BCUT2D eigenvalue weighted by molar-refractivity contribution is 5.96. The predicted octanol–water partition coefficient (Wildman–Crippen LogP) is 3.15. The third kappa shape index (κ3) is 4.95. The van der Waals surface area contributed by atoms with Gasteiger partial charge in [-0.1, -0.05) is 25.1 Å². The standard InChI is InChI=1S/C19H26N4O2/c1-14(2)8-9-17-21-18(25-22-17)13-23-11-5-6-15(12-23)19(24)16-7-3-4-10-20-16/h3-4,7,10,14-15H,5-6,8-9,11-13H2,1-2H3/t15-/m0/s1. The lowest BCUT2D eigenvalue weighted by Gasteiger charge is -2.30. The predicted molar refractivity (Wildman–Crippen MR) is 94.0 cm³/mol. The van der Waals surface area contributed by atoms with Crippen molar-refractivity contribution in [3.05, 3.63) is 41.8 Å². The fraction of sp³-hybridized carbons (Fsp3) is 0.579. The molecule has 1 saturated heterocycles. The van der Waals surface area contributed by atoms with E-state index in [-0.39, 0.29) is 11.7 Å². The molecule has 0 amide bonds. The number of rotatable bonds is 7. The van der Waals surface area contributed by atoms with Crippen molar-refractivity contribution >= 4 is 5.78 Å². The van der Waals surface area contributed by atoms with Gasteiger partial charge in [-0.3, -0.25) is 14.7 Å². The van der Waals surface area contributed by atoms with E-state index in [1.165, 1.54) is 0 Å². The van der Waals surface area contributed by atoms with Crippen LogP contribution in [0.15, 0.2) is 28.9 Å². The van der Waals surface area contributed by atoms with Crippen LogP contribution in [0.4, 0.5) is 0 Å². The Morgan fingerprint density at radius 1 is 1.40 bits per heavy atom. The average molecular weight is 342 g/mol. The van der Waals surface area contributed by atoms with E-state index in [2.05, 4.69) is 33.9 Å². The van der Waals surface area contributed by atoms with Crippen LogP contribution in [0.1, 0.15) is 55.3 Å². The van der Waals surface area contributed by atoms with E-state index in [1.54, 1.807) is 12.3 Å². The summed E-state index contributed by atoms with van der Waals surface area (Å²) in [5, 5.41) is 4.07. The van der Waals surface area contributed by atoms with Crippen molar-refractivity contribution in [2.24, 2.45) is 11.8 Å². The molecule has 2 aromatic rings. The van der Waals surface area contributed by atoms with E-state index in [0.29, 0.717) is 24.0 Å². The van der Waals surface area contributed by atoms with Gasteiger partial charge in [-0.05, 0) is 43.9 Å². The zero-order chi connectivity index (χ0) is 17.6. The van der Waals surface area contributed by atoms with E-state index in [1.807, 2.05) is 12.1 Å². The maximum Gasteiger partial charge on any atom is 0.240 e. The highest BCUT2D eigenvalue weighted by atomic mass is 16.5. The number of carbonyl (C=O) groups excluding carboxylic acids is 1. The maximum absolute atomic E-state index is 12.6. The molecule has 134 valence electrons. The van der Waals surface area contributed by atoms with Crippen LogP contribution in [0.5, 0.6) is 0 Å². The number of hydrogen-bond donors (Lipinski definition) is 0. The van der Waals surface area contributed by atoms with Crippen LogP contribution in [0.2, 0.25) is 0 Å². The molecule has 1 aliphatic heterocycles. The van der Waals surface area contributed by atoms with E-state index in [9.17, 15) is 4.79 Å². The summed E-state index contributed by atoms with van der Waals surface area (Å²) < 4.78 is 5.38. The second kappa shape index (κ2) is 8.34. The smallest absolute Gasteiger partial charge is 0.240 e. The zero-order valence-electron chi connectivity index (χ0n) is 15.0. The molecule has 0 radical (unpaired) electrons. The van der Waals surface area contributed by atoms with Crippen LogP contribution in [-0.4, -0.2) is 38.9 Å². The molecule has 3 heterocycles. The van der Waals surface area contributed by atoms with Crippen LogP contribution in [0, 0.1) is 11.8 Å². The lowest BCUT2D eigenvalue weighted by Crippen LogP contribution is -2.38. The minimum atomic E-state index is -0.00742. The Hall–Kier alpha value is -2.08. The molecule has 0 aliphatic carbocycles. The van der Waals surface area contributed by atoms with Crippen LogP contribution in [0.3, 0.4) is 0 Å². The first-order valence-corrected chi connectivity index (χ1v) is 9.11. The second-order valence-corrected chi connectivity index (χ2v) is 7.19. The largest absolute Gasteiger partial charge is 0.338 e. The summed E-state index contributed by atoms with van der Waals surface area (Å²) in [6.45, 7) is 6.66.